The number of amides is 4. The number of methoxy groups -OCH3 is 1. The molecule has 16 rings (SSSR count). The van der Waals surface area contributed by atoms with Gasteiger partial charge in [0.1, 0.15) is 58.1 Å². The Bertz CT molecular complexity index is 6260. The molecular formula is C86H76Cl2FN17O9S. The van der Waals surface area contributed by atoms with E-state index in [1.54, 1.807) is 135 Å². The van der Waals surface area contributed by atoms with Gasteiger partial charge >= 0.3 is 0 Å². The van der Waals surface area contributed by atoms with Crippen molar-refractivity contribution >= 4 is 125 Å². The summed E-state index contributed by atoms with van der Waals surface area (Å²) >= 11 is 13.8. The van der Waals surface area contributed by atoms with E-state index in [1.165, 1.54) is 53.9 Å². The second-order valence-electron chi connectivity index (χ2n) is 27.7. The molecule has 0 spiro atoms. The lowest BCUT2D eigenvalue weighted by atomic mass is 10.1. The molecule has 0 atom stereocenters. The van der Waals surface area contributed by atoms with Gasteiger partial charge in [-0.2, -0.15) is 21.0 Å². The number of benzene rings is 6. The maximum atomic E-state index is 13.1. The highest BCUT2D eigenvalue weighted by atomic mass is 35.5. The van der Waals surface area contributed by atoms with Crippen LogP contribution in [0.3, 0.4) is 0 Å². The van der Waals surface area contributed by atoms with Crippen molar-refractivity contribution in [3.8, 4) is 30.0 Å². The summed E-state index contributed by atoms with van der Waals surface area (Å²) in [5, 5.41) is 44.8. The molecule has 30 heteroatoms. The predicted octanol–water partition coefficient (Wildman–Crippen LogP) is 10.4. The maximum absolute atomic E-state index is 13.1. The summed E-state index contributed by atoms with van der Waals surface area (Å²) in [7, 11) is 8.23. The molecule has 0 bridgehead atoms. The largest absolute Gasteiger partial charge is 0.497 e. The van der Waals surface area contributed by atoms with Crippen LogP contribution in [0.25, 0.3) is 43.6 Å². The third kappa shape index (κ3) is 16.2. The van der Waals surface area contributed by atoms with Gasteiger partial charge in [0, 0.05) is 194 Å². The molecule has 4 aliphatic heterocycles. The number of pyridine rings is 5. The lowest BCUT2D eigenvalue weighted by molar-refractivity contribution is 0.0739. The van der Waals surface area contributed by atoms with Crippen molar-refractivity contribution in [2.45, 2.75) is 0 Å². The fourth-order valence-electron chi connectivity index (χ4n) is 15.1. The van der Waals surface area contributed by atoms with Crippen LogP contribution in [0, 0.1) is 51.1 Å². The summed E-state index contributed by atoms with van der Waals surface area (Å²) in [4.78, 5) is 121. The number of anilines is 4. The Balaban J connectivity index is 0.000000135. The normalized spacial score (nSPS) is 14.1. The van der Waals surface area contributed by atoms with E-state index in [0.29, 0.717) is 165 Å². The van der Waals surface area contributed by atoms with Gasteiger partial charge in [0.15, 0.2) is 0 Å². The Morgan fingerprint density at radius 2 is 0.698 bits per heavy atom. The molecule has 12 aromatic rings. The van der Waals surface area contributed by atoms with Crippen LogP contribution >= 0.6 is 34.5 Å². The van der Waals surface area contributed by atoms with Gasteiger partial charge in [-0.1, -0.05) is 65.7 Å². The maximum Gasteiger partial charge on any atom is 0.270 e. The number of hydrogen-bond donors (Lipinski definition) is 0. The molecular weight excluding hydrogens is 1540 g/mol. The zero-order valence-electron chi connectivity index (χ0n) is 63.9. The first-order valence-electron chi connectivity index (χ1n) is 37.1. The smallest absolute Gasteiger partial charge is 0.270 e. The van der Waals surface area contributed by atoms with E-state index >= 15 is 0 Å². The quantitative estimate of drug-likeness (QED) is 0.130. The number of aromatic nitrogens is 5. The molecule has 0 aliphatic carbocycles. The zero-order valence-corrected chi connectivity index (χ0v) is 66.2. The third-order valence-corrected chi connectivity index (χ3v) is 22.6. The van der Waals surface area contributed by atoms with Crippen LogP contribution < -0.4 is 46.6 Å². The summed E-state index contributed by atoms with van der Waals surface area (Å²) in [5.41, 5.74) is 6.26. The van der Waals surface area contributed by atoms with Crippen molar-refractivity contribution < 1.29 is 28.3 Å². The zero-order chi connectivity index (χ0) is 82.2. The van der Waals surface area contributed by atoms with E-state index in [4.69, 9.17) is 27.9 Å². The van der Waals surface area contributed by atoms with Crippen molar-refractivity contribution in [2.24, 2.45) is 28.2 Å². The number of piperazine rings is 4. The number of carbonyl (C=O) groups excluding carboxylic acids is 4. The number of aryl methyl sites for hydroxylation is 4. The van der Waals surface area contributed by atoms with E-state index in [0.717, 1.165) is 43.0 Å². The van der Waals surface area contributed by atoms with Crippen LogP contribution in [0.15, 0.2) is 195 Å². The molecule has 10 heterocycles. The molecule has 4 amide bonds. The van der Waals surface area contributed by atoms with Gasteiger partial charge in [0.2, 0.25) is 0 Å². The minimum absolute atomic E-state index is 0.0204. The minimum Gasteiger partial charge on any atom is -0.497 e. The van der Waals surface area contributed by atoms with Gasteiger partial charge in [0.05, 0.1) is 56.8 Å². The first kappa shape index (κ1) is 80.4. The molecule has 0 saturated carbocycles. The highest BCUT2D eigenvalue weighted by Crippen LogP contribution is 2.36. The first-order chi connectivity index (χ1) is 56.1. The molecule has 26 nitrogen and oxygen atoms in total. The molecule has 0 radical (unpaired) electrons. The first-order valence-corrected chi connectivity index (χ1v) is 38.7. The summed E-state index contributed by atoms with van der Waals surface area (Å²) < 4.78 is 24.2. The van der Waals surface area contributed by atoms with E-state index in [2.05, 4.69) is 23.2 Å². The third-order valence-electron chi connectivity index (χ3n) is 21.3. The highest BCUT2D eigenvalue weighted by molar-refractivity contribution is 7.12. The number of nitriles is 4. The molecule has 4 fully saturated rings. The number of nitrogens with zero attached hydrogens (tertiary/aromatic N) is 17. The fraction of sp³-hybridized carbons (Fsp3) is 0.244. The van der Waals surface area contributed by atoms with Crippen molar-refractivity contribution in [2.75, 3.05) is 131 Å². The van der Waals surface area contributed by atoms with Crippen molar-refractivity contribution in [3.05, 3.63) is 277 Å². The van der Waals surface area contributed by atoms with E-state index in [-0.39, 0.29) is 68.1 Å². The average Bonchev–Trinajstić information content (AvgIpc) is 0.775. The average molecular weight is 1610 g/mol. The van der Waals surface area contributed by atoms with Crippen LogP contribution in [-0.4, -0.2) is 178 Å². The van der Waals surface area contributed by atoms with E-state index < -0.39 is 5.82 Å². The van der Waals surface area contributed by atoms with E-state index in [1.807, 2.05) is 96.6 Å². The SMILES string of the molecule is COc1ccc(C(=O)N2CCN(c3c(C#N)c(=O)n(C)c4ccccc34)CC2)cc1.Cn1c(=O)c(C#N)c(N2CCN(C(=O)c3ccc(F)cc3)CC2)c2cc(Cl)ccc21.Cn1c(=O)c(C#N)c(N2CCN(C(=O)c3cccs3)CC2)c2cc(Cl)ccc21.Cn1c(=O)c(C#N)c(N2CCN(C(=O)c3ccncc3)CC2)c2ccccc21. The number of thiophene rings is 1. The molecule has 6 aromatic heterocycles. The Labute approximate surface area is 679 Å². The van der Waals surface area contributed by atoms with Gasteiger partial charge < -0.3 is 62.2 Å². The van der Waals surface area contributed by atoms with Crippen LogP contribution in [0.1, 0.15) is 63.0 Å². The summed E-state index contributed by atoms with van der Waals surface area (Å²) in [6, 6.07) is 53.6. The predicted molar refractivity (Wildman–Crippen MR) is 446 cm³/mol. The van der Waals surface area contributed by atoms with Gasteiger partial charge in [-0.05, 0) is 121 Å². The Hall–Kier alpha value is -13.6. The van der Waals surface area contributed by atoms with E-state index in [9.17, 15) is 63.8 Å². The summed E-state index contributed by atoms with van der Waals surface area (Å²) in [6.07, 6.45) is 3.21. The van der Waals surface area contributed by atoms with Gasteiger partial charge in [-0.3, -0.25) is 43.3 Å². The topological polar surface area (TPSA) is 299 Å². The van der Waals surface area contributed by atoms with Gasteiger partial charge in [0.25, 0.3) is 45.9 Å². The fourth-order valence-corrected chi connectivity index (χ4v) is 16.2. The monoisotopic (exact) mass is 1610 g/mol. The van der Waals surface area contributed by atoms with Crippen LogP contribution in [0.5, 0.6) is 5.75 Å². The number of hydrogen-bond acceptors (Lipinski definition) is 19. The van der Waals surface area contributed by atoms with Gasteiger partial charge in [-0.15, -0.1) is 11.3 Å². The Morgan fingerprint density at radius 1 is 0.388 bits per heavy atom. The Kier molecular flexibility index (Phi) is 24.4. The number of carbonyl (C=O) groups is 4. The number of halogens is 3. The minimum atomic E-state index is -0.392. The highest BCUT2D eigenvalue weighted by Gasteiger charge is 2.33. The lowest BCUT2D eigenvalue weighted by Gasteiger charge is -2.37. The van der Waals surface area contributed by atoms with Gasteiger partial charge in [-0.25, -0.2) is 4.39 Å². The summed E-state index contributed by atoms with van der Waals surface area (Å²) in [6.45, 7) is 8.17. The molecule has 116 heavy (non-hydrogen) atoms. The van der Waals surface area contributed by atoms with Crippen molar-refractivity contribution in [1.29, 1.82) is 21.0 Å². The van der Waals surface area contributed by atoms with Crippen LogP contribution in [0.2, 0.25) is 10.0 Å². The number of ether oxygens (including phenoxy) is 1. The number of para-hydroxylation sites is 2. The standard InChI is InChI=1S/C23H22N4O3.C22H18ClFN4O2.C21H19N5O2.C20H17ClN4O2S/c1-25-20-6-4-3-5-18(20)21(19(15-24)23(25)29)26-11-13-27(14-12-26)22(28)16-7-9-17(30-2)10-8-16;1-26-19-7-4-15(23)12-17(19)20(18(13-25)22(26)30)27-8-10-28(11-9-27)21(29)14-2-5-16(24)6-3-14;1-24-18-5-3-2-4-16(18)19(17(14-22)21(24)28)25-10-12-26(13-11-25)20(27)15-6-8-23-9-7-15;1-23-16-5-4-13(21)11-14(16)18(15(12-22)19(23)26)24-6-8-25(9-7-24)20(27)17-3-2-10-28-17/h3-10H,11-14H2,1-2H3;2-7,12H,8-11H2,1H3;2-9H,10-13H2,1H3;2-5,10-11H,6-9H2,1H3. The number of fused-ring (bicyclic) bond motifs is 4. The van der Waals surface area contributed by atoms with Crippen LogP contribution in [-0.2, 0) is 28.2 Å². The number of rotatable bonds is 9. The molecule has 586 valence electrons. The lowest BCUT2D eigenvalue weighted by Crippen LogP contribution is -2.49. The second kappa shape index (κ2) is 35.2. The Morgan fingerprint density at radius 3 is 1.03 bits per heavy atom. The molecule has 6 aromatic carbocycles. The second-order valence-corrected chi connectivity index (χ2v) is 29.5. The molecule has 0 unspecified atom stereocenters. The van der Waals surface area contributed by atoms with Crippen molar-refractivity contribution in [3.63, 3.8) is 0 Å². The molecule has 0 N–H and O–H groups in total. The molecule has 4 saturated heterocycles. The van der Waals surface area contributed by atoms with Crippen LogP contribution in [0.4, 0.5) is 27.1 Å². The summed E-state index contributed by atoms with van der Waals surface area (Å²) in [5.74, 6) is 0.0941. The molecule has 4 aliphatic rings. The van der Waals surface area contributed by atoms with Crippen molar-refractivity contribution in [1.82, 2.24) is 42.9 Å².